The van der Waals surface area contributed by atoms with Gasteiger partial charge in [0, 0.05) is 18.1 Å². The molecule has 2 aliphatic rings. The van der Waals surface area contributed by atoms with Crippen LogP contribution >= 0.6 is 0 Å². The zero-order valence-corrected chi connectivity index (χ0v) is 11.4. The summed E-state index contributed by atoms with van der Waals surface area (Å²) in [7, 11) is 0. The van der Waals surface area contributed by atoms with Crippen LogP contribution in [0.4, 0.5) is 0 Å². The summed E-state index contributed by atoms with van der Waals surface area (Å²) in [5, 5.41) is 13.1. The number of hydrogen-bond acceptors (Lipinski definition) is 3. The van der Waals surface area contributed by atoms with Crippen LogP contribution < -0.4 is 5.32 Å². The molecule has 17 heavy (non-hydrogen) atoms. The van der Waals surface area contributed by atoms with E-state index in [1.54, 1.807) is 0 Å². The maximum Gasteiger partial charge on any atom is 0.0611 e. The Labute approximate surface area is 106 Å². The molecule has 1 unspecified atom stereocenters. The molecule has 3 nitrogen and oxygen atoms in total. The van der Waals surface area contributed by atoms with Crippen molar-refractivity contribution in [1.82, 2.24) is 10.2 Å². The Morgan fingerprint density at radius 2 is 2.00 bits per heavy atom. The number of aliphatic hydroxyl groups excluding tert-OH is 1. The Kier molecular flexibility index (Phi) is 4.45. The highest BCUT2D eigenvalue weighted by molar-refractivity contribution is 4.93. The fraction of sp³-hybridized carbons (Fsp3) is 1.00. The minimum absolute atomic E-state index is 0.0713. The normalized spacial score (nSPS) is 24.0. The van der Waals surface area contributed by atoms with Gasteiger partial charge in [0.05, 0.1) is 6.61 Å². The monoisotopic (exact) mass is 240 g/mol. The molecule has 1 atom stereocenters. The summed E-state index contributed by atoms with van der Waals surface area (Å²) in [6.07, 6.45) is 6.48. The summed E-state index contributed by atoms with van der Waals surface area (Å²) in [6.45, 7) is 8.18. The van der Waals surface area contributed by atoms with Gasteiger partial charge in [-0.2, -0.15) is 0 Å². The summed E-state index contributed by atoms with van der Waals surface area (Å²) in [6, 6.07) is 0.672. The molecule has 0 heterocycles. The third-order valence-corrected chi connectivity index (χ3v) is 4.12. The van der Waals surface area contributed by atoms with E-state index in [4.69, 9.17) is 0 Å². The second-order valence-electron chi connectivity index (χ2n) is 6.22. The minimum atomic E-state index is -0.0713. The summed E-state index contributed by atoms with van der Waals surface area (Å²) in [5.74, 6) is 0.965. The van der Waals surface area contributed by atoms with Crippen LogP contribution in [0, 0.1) is 5.92 Å². The van der Waals surface area contributed by atoms with Crippen molar-refractivity contribution in [1.29, 1.82) is 0 Å². The molecule has 0 radical (unpaired) electrons. The highest BCUT2D eigenvalue weighted by Crippen LogP contribution is 2.30. The molecule has 0 saturated heterocycles. The number of hydrogen-bond donors (Lipinski definition) is 2. The molecule has 0 spiro atoms. The van der Waals surface area contributed by atoms with Gasteiger partial charge in [0.25, 0.3) is 0 Å². The topological polar surface area (TPSA) is 35.5 Å². The van der Waals surface area contributed by atoms with Crippen molar-refractivity contribution >= 4 is 0 Å². The van der Waals surface area contributed by atoms with Crippen molar-refractivity contribution in [3.63, 3.8) is 0 Å². The molecule has 0 bridgehead atoms. The van der Waals surface area contributed by atoms with Crippen molar-refractivity contribution in [2.45, 2.75) is 57.5 Å². The quantitative estimate of drug-likeness (QED) is 0.643. The van der Waals surface area contributed by atoms with Crippen LogP contribution in [-0.2, 0) is 0 Å². The molecule has 0 aliphatic heterocycles. The third-order valence-electron chi connectivity index (χ3n) is 4.12. The van der Waals surface area contributed by atoms with Gasteiger partial charge in [-0.1, -0.05) is 6.92 Å². The van der Waals surface area contributed by atoms with E-state index in [-0.39, 0.29) is 12.1 Å². The first kappa shape index (κ1) is 13.3. The summed E-state index contributed by atoms with van der Waals surface area (Å²) < 4.78 is 0. The van der Waals surface area contributed by atoms with E-state index in [1.807, 2.05) is 0 Å². The molecule has 0 amide bonds. The molecule has 100 valence electrons. The predicted molar refractivity (Wildman–Crippen MR) is 71.1 cm³/mol. The molecule has 2 aliphatic carbocycles. The Balaban J connectivity index is 1.71. The molecule has 0 aromatic heterocycles. The third kappa shape index (κ3) is 4.57. The van der Waals surface area contributed by atoms with Crippen molar-refractivity contribution in [2.24, 2.45) is 5.92 Å². The smallest absolute Gasteiger partial charge is 0.0611 e. The molecule has 2 rings (SSSR count). The Morgan fingerprint density at radius 3 is 2.47 bits per heavy atom. The zero-order valence-electron chi connectivity index (χ0n) is 11.4. The second kappa shape index (κ2) is 5.68. The fourth-order valence-corrected chi connectivity index (χ4v) is 2.37. The lowest BCUT2D eigenvalue weighted by Crippen LogP contribution is -2.49. The molecule has 2 N–H and O–H groups in total. The van der Waals surface area contributed by atoms with Gasteiger partial charge in [0.15, 0.2) is 0 Å². The van der Waals surface area contributed by atoms with Gasteiger partial charge in [-0.3, -0.25) is 0 Å². The Hall–Kier alpha value is -0.120. The number of nitrogens with zero attached hydrogens (tertiary/aromatic N) is 1. The molecule has 2 saturated carbocycles. The molecule has 3 heteroatoms. The van der Waals surface area contributed by atoms with Gasteiger partial charge in [-0.25, -0.2) is 0 Å². The molecular weight excluding hydrogens is 212 g/mol. The Morgan fingerprint density at radius 1 is 1.29 bits per heavy atom. The number of rotatable bonds is 9. The van der Waals surface area contributed by atoms with Crippen molar-refractivity contribution < 1.29 is 5.11 Å². The number of nitrogens with one attached hydrogen (secondary N) is 1. The van der Waals surface area contributed by atoms with E-state index in [1.165, 1.54) is 32.2 Å². The Bertz CT molecular complexity index is 238. The number of aliphatic hydroxyl groups is 1. The average molecular weight is 240 g/mol. The van der Waals surface area contributed by atoms with Crippen LogP contribution in [-0.4, -0.2) is 47.8 Å². The van der Waals surface area contributed by atoms with Crippen LogP contribution in [0.3, 0.4) is 0 Å². The van der Waals surface area contributed by atoms with E-state index in [0.29, 0.717) is 6.04 Å². The van der Waals surface area contributed by atoms with E-state index >= 15 is 0 Å². The zero-order chi connectivity index (χ0) is 12.3. The van der Waals surface area contributed by atoms with E-state index < -0.39 is 0 Å². The second-order valence-corrected chi connectivity index (χ2v) is 6.22. The molecular formula is C14H28N2O. The first-order valence-electron chi connectivity index (χ1n) is 7.26. The minimum Gasteiger partial charge on any atom is -0.394 e. The van der Waals surface area contributed by atoms with Crippen LogP contribution in [0.15, 0.2) is 0 Å². The highest BCUT2D eigenvalue weighted by Gasteiger charge is 2.32. The fourth-order valence-electron chi connectivity index (χ4n) is 2.37. The van der Waals surface area contributed by atoms with Gasteiger partial charge in [0.2, 0.25) is 0 Å². The molecule has 0 aromatic rings. The summed E-state index contributed by atoms with van der Waals surface area (Å²) in [5.41, 5.74) is -0.0713. The first-order valence-corrected chi connectivity index (χ1v) is 7.26. The van der Waals surface area contributed by atoms with Crippen LogP contribution in [0.1, 0.15) is 46.0 Å². The molecule has 0 aromatic carbocycles. The molecule has 2 fully saturated rings. The van der Waals surface area contributed by atoms with Gasteiger partial charge in [-0.15, -0.1) is 0 Å². The largest absolute Gasteiger partial charge is 0.394 e. The van der Waals surface area contributed by atoms with Crippen LogP contribution in [0.25, 0.3) is 0 Å². The maximum absolute atomic E-state index is 9.56. The van der Waals surface area contributed by atoms with Crippen molar-refractivity contribution in [3.05, 3.63) is 0 Å². The lowest BCUT2D eigenvalue weighted by molar-refractivity contribution is 0.143. The average Bonchev–Trinajstić information content (AvgIpc) is 3.19. The van der Waals surface area contributed by atoms with Crippen LogP contribution in [0.5, 0.6) is 0 Å². The standard InChI is InChI=1S/C14H28N2O/c1-3-16(10-12-4-5-12)9-8-14(2,11-17)15-13-6-7-13/h12-13,15,17H,3-11H2,1-2H3. The van der Waals surface area contributed by atoms with Gasteiger partial charge in [-0.05, 0) is 58.0 Å². The summed E-state index contributed by atoms with van der Waals surface area (Å²) >= 11 is 0. The predicted octanol–water partition coefficient (Wildman–Crippen LogP) is 1.61. The summed E-state index contributed by atoms with van der Waals surface area (Å²) in [4.78, 5) is 2.54. The first-order chi connectivity index (χ1) is 8.15. The van der Waals surface area contributed by atoms with E-state index in [9.17, 15) is 5.11 Å². The van der Waals surface area contributed by atoms with Gasteiger partial charge >= 0.3 is 0 Å². The van der Waals surface area contributed by atoms with Crippen molar-refractivity contribution in [3.8, 4) is 0 Å². The van der Waals surface area contributed by atoms with Crippen molar-refractivity contribution in [2.75, 3.05) is 26.2 Å². The lowest BCUT2D eigenvalue weighted by atomic mass is 9.98. The van der Waals surface area contributed by atoms with Gasteiger partial charge < -0.3 is 15.3 Å². The van der Waals surface area contributed by atoms with Gasteiger partial charge in [0.1, 0.15) is 0 Å². The van der Waals surface area contributed by atoms with Crippen LogP contribution in [0.2, 0.25) is 0 Å². The van der Waals surface area contributed by atoms with E-state index in [0.717, 1.165) is 25.4 Å². The van der Waals surface area contributed by atoms with E-state index in [2.05, 4.69) is 24.1 Å². The SMILES string of the molecule is CCN(CCC(C)(CO)NC1CC1)CC1CC1. The maximum atomic E-state index is 9.56. The highest BCUT2D eigenvalue weighted by atomic mass is 16.3. The lowest BCUT2D eigenvalue weighted by Gasteiger charge is -2.32.